The van der Waals surface area contributed by atoms with Crippen LogP contribution in [-0.2, 0) is 9.84 Å². The summed E-state index contributed by atoms with van der Waals surface area (Å²) in [5.74, 6) is 0. The highest BCUT2D eigenvalue weighted by Crippen LogP contribution is 2.24. The van der Waals surface area contributed by atoms with Crippen molar-refractivity contribution in [3.63, 3.8) is 0 Å². The minimum Gasteiger partial charge on any atom is -0.323 e. The number of anilines is 1. The first-order chi connectivity index (χ1) is 11.5. The van der Waals surface area contributed by atoms with E-state index < -0.39 is 15.1 Å². The molecule has 1 fully saturated rings. The second kappa shape index (κ2) is 6.65. The third-order valence-electron chi connectivity index (χ3n) is 4.21. The quantitative estimate of drug-likeness (QED) is 0.930. The van der Waals surface area contributed by atoms with Crippen LogP contribution in [0, 0.1) is 6.92 Å². The monoisotopic (exact) mass is 344 g/mol. The molecule has 1 aliphatic heterocycles. The Morgan fingerprint density at radius 2 is 1.88 bits per heavy atom. The van der Waals surface area contributed by atoms with Gasteiger partial charge in [-0.15, -0.1) is 0 Å². The molecule has 1 atom stereocenters. The van der Waals surface area contributed by atoms with Crippen LogP contribution in [0.2, 0.25) is 0 Å². The average Bonchev–Trinajstić information content (AvgIpc) is 3.07. The second-order valence-electron chi connectivity index (χ2n) is 6.01. The zero-order chi connectivity index (χ0) is 17.2. The minimum atomic E-state index is -3.41. The fourth-order valence-electron chi connectivity index (χ4n) is 2.89. The number of amides is 2. The van der Waals surface area contributed by atoms with Gasteiger partial charge in [0.05, 0.1) is 10.1 Å². The van der Waals surface area contributed by atoms with Crippen LogP contribution in [0.25, 0.3) is 0 Å². The molecular formula is C18H20N2O3S. The van der Waals surface area contributed by atoms with Gasteiger partial charge in [0, 0.05) is 18.8 Å². The number of nitrogens with zero attached hydrogens (tertiary/aromatic N) is 1. The summed E-state index contributed by atoms with van der Waals surface area (Å²) in [5, 5.41) is 2.28. The third kappa shape index (κ3) is 3.43. The molecular weight excluding hydrogens is 324 g/mol. The maximum atomic E-state index is 12.6. The molecule has 2 amide bonds. The van der Waals surface area contributed by atoms with Gasteiger partial charge in [0.2, 0.25) is 0 Å². The number of hydrogen-bond donors (Lipinski definition) is 1. The molecule has 126 valence electrons. The normalized spacial score (nSPS) is 17.7. The SMILES string of the molecule is Cc1cccc(NC(=O)N2CCC(S(=O)(=O)c3ccccc3)C2)c1. The van der Waals surface area contributed by atoms with Gasteiger partial charge in [-0.2, -0.15) is 0 Å². The van der Waals surface area contributed by atoms with Crippen LogP contribution in [0.15, 0.2) is 59.5 Å². The van der Waals surface area contributed by atoms with Gasteiger partial charge in [0.25, 0.3) is 0 Å². The minimum absolute atomic E-state index is 0.217. The zero-order valence-corrected chi connectivity index (χ0v) is 14.3. The van der Waals surface area contributed by atoms with Crippen LogP contribution in [-0.4, -0.2) is 37.7 Å². The summed E-state index contributed by atoms with van der Waals surface area (Å²) in [6.45, 7) is 2.61. The Balaban J connectivity index is 1.68. The molecule has 3 rings (SSSR count). The number of urea groups is 1. The van der Waals surface area contributed by atoms with Gasteiger partial charge in [-0.05, 0) is 43.2 Å². The summed E-state index contributed by atoms with van der Waals surface area (Å²) >= 11 is 0. The lowest BCUT2D eigenvalue weighted by Gasteiger charge is -2.18. The van der Waals surface area contributed by atoms with Gasteiger partial charge in [-0.1, -0.05) is 30.3 Å². The highest BCUT2D eigenvalue weighted by Gasteiger charge is 2.36. The highest BCUT2D eigenvalue weighted by atomic mass is 32.2. The molecule has 0 bridgehead atoms. The van der Waals surface area contributed by atoms with Crippen molar-refractivity contribution in [2.45, 2.75) is 23.5 Å². The molecule has 0 spiro atoms. The Labute approximate surface area is 142 Å². The van der Waals surface area contributed by atoms with E-state index in [1.807, 2.05) is 31.2 Å². The Hall–Kier alpha value is -2.34. The van der Waals surface area contributed by atoms with Crippen molar-refractivity contribution < 1.29 is 13.2 Å². The van der Waals surface area contributed by atoms with Crippen LogP contribution < -0.4 is 5.32 Å². The van der Waals surface area contributed by atoms with Gasteiger partial charge >= 0.3 is 6.03 Å². The summed E-state index contributed by atoms with van der Waals surface area (Å²) < 4.78 is 25.3. The van der Waals surface area contributed by atoms with Gasteiger partial charge in [-0.25, -0.2) is 13.2 Å². The number of aryl methyl sites for hydroxylation is 1. The van der Waals surface area contributed by atoms with Crippen LogP contribution in [0.4, 0.5) is 10.5 Å². The molecule has 2 aromatic rings. The van der Waals surface area contributed by atoms with Gasteiger partial charge in [0.15, 0.2) is 9.84 Å². The Morgan fingerprint density at radius 3 is 2.58 bits per heavy atom. The van der Waals surface area contributed by atoms with Crippen molar-refractivity contribution in [1.29, 1.82) is 0 Å². The van der Waals surface area contributed by atoms with Crippen LogP contribution >= 0.6 is 0 Å². The standard InChI is InChI=1S/C18H20N2O3S/c1-14-6-5-7-15(12-14)19-18(21)20-11-10-17(13-20)24(22,23)16-8-3-2-4-9-16/h2-9,12,17H,10-11,13H2,1H3,(H,19,21). The molecule has 0 aromatic heterocycles. The molecule has 0 aliphatic carbocycles. The van der Waals surface area contributed by atoms with E-state index in [0.29, 0.717) is 17.9 Å². The number of carbonyl (C=O) groups excluding carboxylic acids is 1. The van der Waals surface area contributed by atoms with E-state index in [9.17, 15) is 13.2 Å². The Bertz CT molecular complexity index is 834. The maximum Gasteiger partial charge on any atom is 0.321 e. The molecule has 1 aliphatic rings. The van der Waals surface area contributed by atoms with E-state index in [-0.39, 0.29) is 12.6 Å². The first kappa shape index (κ1) is 16.5. The number of likely N-dealkylation sites (tertiary alicyclic amines) is 1. The van der Waals surface area contributed by atoms with Crippen molar-refractivity contribution in [3.05, 3.63) is 60.2 Å². The highest BCUT2D eigenvalue weighted by molar-refractivity contribution is 7.92. The van der Waals surface area contributed by atoms with Crippen molar-refractivity contribution in [2.75, 3.05) is 18.4 Å². The second-order valence-corrected chi connectivity index (χ2v) is 8.24. The number of sulfone groups is 1. The lowest BCUT2D eigenvalue weighted by Crippen LogP contribution is -2.35. The Kier molecular flexibility index (Phi) is 4.57. The predicted molar refractivity (Wildman–Crippen MR) is 93.8 cm³/mol. The van der Waals surface area contributed by atoms with Crippen molar-refractivity contribution >= 4 is 21.6 Å². The molecule has 24 heavy (non-hydrogen) atoms. The first-order valence-electron chi connectivity index (χ1n) is 7.88. The van der Waals surface area contributed by atoms with Crippen molar-refractivity contribution in [1.82, 2.24) is 4.90 Å². The summed E-state index contributed by atoms with van der Waals surface area (Å²) in [7, 11) is -3.41. The smallest absolute Gasteiger partial charge is 0.321 e. The molecule has 1 saturated heterocycles. The molecule has 1 heterocycles. The van der Waals surface area contributed by atoms with E-state index in [1.54, 1.807) is 35.2 Å². The van der Waals surface area contributed by atoms with E-state index in [0.717, 1.165) is 11.3 Å². The van der Waals surface area contributed by atoms with E-state index in [1.165, 1.54) is 0 Å². The predicted octanol–water partition coefficient (Wildman–Crippen LogP) is 3.08. The lowest BCUT2D eigenvalue weighted by molar-refractivity contribution is 0.222. The lowest BCUT2D eigenvalue weighted by atomic mass is 10.2. The fourth-order valence-corrected chi connectivity index (χ4v) is 4.61. The maximum absolute atomic E-state index is 12.6. The largest absolute Gasteiger partial charge is 0.323 e. The summed E-state index contributed by atoms with van der Waals surface area (Å²) in [5.41, 5.74) is 1.77. The van der Waals surface area contributed by atoms with Crippen LogP contribution in [0.5, 0.6) is 0 Å². The van der Waals surface area contributed by atoms with Gasteiger partial charge < -0.3 is 10.2 Å². The van der Waals surface area contributed by atoms with Gasteiger partial charge in [-0.3, -0.25) is 0 Å². The topological polar surface area (TPSA) is 66.5 Å². The number of benzene rings is 2. The average molecular weight is 344 g/mol. The molecule has 6 heteroatoms. The molecule has 0 radical (unpaired) electrons. The molecule has 0 saturated carbocycles. The van der Waals surface area contributed by atoms with Crippen LogP contribution in [0.1, 0.15) is 12.0 Å². The first-order valence-corrected chi connectivity index (χ1v) is 9.43. The zero-order valence-electron chi connectivity index (χ0n) is 13.5. The number of carbonyl (C=O) groups is 1. The Morgan fingerprint density at radius 1 is 1.12 bits per heavy atom. The van der Waals surface area contributed by atoms with Crippen LogP contribution in [0.3, 0.4) is 0 Å². The molecule has 1 N–H and O–H groups in total. The van der Waals surface area contributed by atoms with E-state index >= 15 is 0 Å². The summed E-state index contributed by atoms with van der Waals surface area (Å²) in [6, 6.07) is 15.7. The van der Waals surface area contributed by atoms with E-state index in [2.05, 4.69) is 5.32 Å². The number of rotatable bonds is 3. The summed E-state index contributed by atoms with van der Waals surface area (Å²) in [4.78, 5) is 14.2. The molecule has 2 aromatic carbocycles. The number of hydrogen-bond acceptors (Lipinski definition) is 3. The fraction of sp³-hybridized carbons (Fsp3) is 0.278. The molecule has 5 nitrogen and oxygen atoms in total. The molecule has 1 unspecified atom stereocenters. The third-order valence-corrected chi connectivity index (χ3v) is 6.40. The number of nitrogens with one attached hydrogen (secondary N) is 1. The van der Waals surface area contributed by atoms with Crippen molar-refractivity contribution in [2.24, 2.45) is 0 Å². The van der Waals surface area contributed by atoms with Crippen molar-refractivity contribution in [3.8, 4) is 0 Å². The summed E-state index contributed by atoms with van der Waals surface area (Å²) in [6.07, 6.45) is 0.457. The van der Waals surface area contributed by atoms with E-state index in [4.69, 9.17) is 0 Å². The van der Waals surface area contributed by atoms with Gasteiger partial charge in [0.1, 0.15) is 0 Å².